The van der Waals surface area contributed by atoms with Crippen molar-refractivity contribution < 1.29 is 4.79 Å². The maximum Gasteiger partial charge on any atom is 0.258 e. The van der Waals surface area contributed by atoms with Crippen molar-refractivity contribution in [3.8, 4) is 0 Å². The lowest BCUT2D eigenvalue weighted by molar-refractivity contribution is 0.0970. The Labute approximate surface area is 140 Å². The summed E-state index contributed by atoms with van der Waals surface area (Å²) >= 11 is 8.85. The Morgan fingerprint density at radius 3 is 2.62 bits per heavy atom. The number of hydrogen-bond acceptors (Lipinski definition) is 2. The smallest absolute Gasteiger partial charge is 0.258 e. The maximum absolute atomic E-state index is 12.3. The lowest BCUT2D eigenvalue weighted by atomic mass is 9.94. The van der Waals surface area contributed by atoms with Crippen LogP contribution in [0.15, 0.2) is 28.7 Å². The summed E-state index contributed by atoms with van der Waals surface area (Å²) in [5, 5.41) is 3.42. The molecule has 2 rings (SSSR count). The maximum atomic E-state index is 12.3. The Balaban J connectivity index is 2.02. The van der Waals surface area contributed by atoms with Crippen molar-refractivity contribution in [1.29, 1.82) is 0 Å². The molecule has 1 fully saturated rings. The highest BCUT2D eigenvalue weighted by atomic mass is 79.9. The van der Waals surface area contributed by atoms with Crippen molar-refractivity contribution in [2.24, 2.45) is 0 Å². The van der Waals surface area contributed by atoms with E-state index in [-0.39, 0.29) is 5.91 Å². The van der Waals surface area contributed by atoms with Gasteiger partial charge in [-0.15, -0.1) is 0 Å². The first kappa shape index (κ1) is 16.4. The van der Waals surface area contributed by atoms with E-state index in [1.54, 1.807) is 6.07 Å². The molecular formula is C16H21BrN2OS. The Kier molecular flexibility index (Phi) is 6.18. The second-order valence-electron chi connectivity index (χ2n) is 5.32. The zero-order chi connectivity index (χ0) is 15.2. The van der Waals surface area contributed by atoms with Crippen LogP contribution in [0.2, 0.25) is 0 Å². The average Bonchev–Trinajstić information content (AvgIpc) is 2.49. The highest BCUT2D eigenvalue weighted by molar-refractivity contribution is 9.10. The lowest BCUT2D eigenvalue weighted by Crippen LogP contribution is -2.48. The van der Waals surface area contributed by atoms with Gasteiger partial charge in [0, 0.05) is 17.1 Å². The molecule has 0 aliphatic heterocycles. The highest BCUT2D eigenvalue weighted by Crippen LogP contribution is 2.23. The van der Waals surface area contributed by atoms with Crippen LogP contribution in [0, 0.1) is 0 Å². The molecule has 21 heavy (non-hydrogen) atoms. The van der Waals surface area contributed by atoms with E-state index in [9.17, 15) is 4.79 Å². The topological polar surface area (TPSA) is 32.3 Å². The minimum absolute atomic E-state index is 0.151. The van der Waals surface area contributed by atoms with E-state index in [2.05, 4.69) is 33.1 Å². The number of amides is 1. The molecule has 0 heterocycles. The Morgan fingerprint density at radius 2 is 2.00 bits per heavy atom. The molecular weight excluding hydrogens is 348 g/mol. The van der Waals surface area contributed by atoms with Crippen LogP contribution in [-0.2, 0) is 0 Å². The Morgan fingerprint density at radius 1 is 1.33 bits per heavy atom. The normalized spacial score (nSPS) is 15.5. The van der Waals surface area contributed by atoms with Crippen LogP contribution < -0.4 is 5.32 Å². The largest absolute Gasteiger partial charge is 0.346 e. The van der Waals surface area contributed by atoms with E-state index >= 15 is 0 Å². The van der Waals surface area contributed by atoms with E-state index < -0.39 is 0 Å². The second kappa shape index (κ2) is 7.90. The van der Waals surface area contributed by atoms with Gasteiger partial charge in [-0.3, -0.25) is 10.1 Å². The molecule has 1 amide bonds. The number of rotatable bonds is 3. The van der Waals surface area contributed by atoms with Crippen molar-refractivity contribution in [3.05, 3.63) is 34.3 Å². The van der Waals surface area contributed by atoms with E-state index in [0.29, 0.717) is 16.7 Å². The fraction of sp³-hybridized carbons (Fsp3) is 0.500. The van der Waals surface area contributed by atoms with Gasteiger partial charge in [0.1, 0.15) is 0 Å². The number of thiocarbonyl (C=S) groups is 1. The third kappa shape index (κ3) is 4.27. The van der Waals surface area contributed by atoms with Crippen molar-refractivity contribution in [1.82, 2.24) is 10.2 Å². The van der Waals surface area contributed by atoms with Crippen LogP contribution in [0.25, 0.3) is 0 Å². The van der Waals surface area contributed by atoms with Crippen molar-refractivity contribution in [2.45, 2.75) is 45.1 Å². The molecule has 1 N–H and O–H groups in total. The Bertz CT molecular complexity index is 515. The molecule has 3 nitrogen and oxygen atoms in total. The van der Waals surface area contributed by atoms with E-state index in [0.717, 1.165) is 11.0 Å². The van der Waals surface area contributed by atoms with Crippen molar-refractivity contribution in [2.75, 3.05) is 6.54 Å². The Hall–Kier alpha value is -0.940. The third-order valence-electron chi connectivity index (χ3n) is 3.96. The fourth-order valence-corrected chi connectivity index (χ4v) is 3.68. The summed E-state index contributed by atoms with van der Waals surface area (Å²) in [4.78, 5) is 14.5. The van der Waals surface area contributed by atoms with Crippen LogP contribution in [0.1, 0.15) is 49.4 Å². The van der Waals surface area contributed by atoms with E-state index in [1.165, 1.54) is 32.1 Å². The number of nitrogens with zero attached hydrogens (tertiary/aromatic N) is 1. The van der Waals surface area contributed by atoms with Crippen LogP contribution in [0.4, 0.5) is 0 Å². The number of nitrogens with one attached hydrogen (secondary N) is 1. The highest BCUT2D eigenvalue weighted by Gasteiger charge is 2.23. The van der Waals surface area contributed by atoms with Gasteiger partial charge in [0.05, 0.1) is 5.56 Å². The number of hydrogen-bond donors (Lipinski definition) is 1. The molecule has 5 heteroatoms. The van der Waals surface area contributed by atoms with Gasteiger partial charge in [-0.25, -0.2) is 0 Å². The molecule has 0 aromatic heterocycles. The van der Waals surface area contributed by atoms with Gasteiger partial charge < -0.3 is 4.90 Å². The van der Waals surface area contributed by atoms with E-state index in [4.69, 9.17) is 12.2 Å². The monoisotopic (exact) mass is 368 g/mol. The lowest BCUT2D eigenvalue weighted by Gasteiger charge is -2.35. The summed E-state index contributed by atoms with van der Waals surface area (Å²) in [5.41, 5.74) is 0.611. The molecule has 1 aliphatic carbocycles. The number of benzene rings is 1. The number of carbonyl (C=O) groups excluding carboxylic acids is 1. The first-order valence-electron chi connectivity index (χ1n) is 7.50. The fourth-order valence-electron chi connectivity index (χ4n) is 2.84. The summed E-state index contributed by atoms with van der Waals surface area (Å²) in [5.74, 6) is -0.151. The minimum Gasteiger partial charge on any atom is -0.346 e. The molecule has 0 spiro atoms. The third-order valence-corrected chi connectivity index (χ3v) is 4.98. The van der Waals surface area contributed by atoms with Gasteiger partial charge >= 0.3 is 0 Å². The van der Waals surface area contributed by atoms with Gasteiger partial charge in [-0.1, -0.05) is 31.4 Å². The number of halogens is 1. The van der Waals surface area contributed by atoms with Crippen molar-refractivity contribution >= 4 is 39.2 Å². The van der Waals surface area contributed by atoms with Gasteiger partial charge in [0.2, 0.25) is 0 Å². The quantitative estimate of drug-likeness (QED) is 0.814. The first-order valence-corrected chi connectivity index (χ1v) is 8.70. The van der Waals surface area contributed by atoms with E-state index in [1.807, 2.05) is 18.2 Å². The summed E-state index contributed by atoms with van der Waals surface area (Å²) in [6.07, 6.45) is 6.14. The van der Waals surface area contributed by atoms with Crippen LogP contribution in [0.3, 0.4) is 0 Å². The molecule has 1 aliphatic rings. The molecule has 1 aromatic carbocycles. The summed E-state index contributed by atoms with van der Waals surface area (Å²) in [6, 6.07) is 7.85. The molecule has 1 saturated carbocycles. The predicted molar refractivity (Wildman–Crippen MR) is 93.5 cm³/mol. The molecule has 1 aromatic rings. The molecule has 0 bridgehead atoms. The zero-order valence-corrected chi connectivity index (χ0v) is 14.7. The van der Waals surface area contributed by atoms with Gasteiger partial charge in [0.15, 0.2) is 5.11 Å². The SMILES string of the molecule is CCN(C(=S)NC(=O)c1ccccc1Br)C1CCCCC1. The van der Waals surface area contributed by atoms with Crippen LogP contribution >= 0.6 is 28.1 Å². The van der Waals surface area contributed by atoms with Crippen LogP contribution in [-0.4, -0.2) is 28.5 Å². The standard InChI is InChI=1S/C16H21BrN2OS/c1-2-19(12-8-4-3-5-9-12)16(21)18-15(20)13-10-6-7-11-14(13)17/h6-7,10-12H,2-5,8-9H2,1H3,(H,18,20,21). The zero-order valence-electron chi connectivity index (χ0n) is 12.3. The molecule has 0 unspecified atom stereocenters. The first-order chi connectivity index (χ1) is 10.1. The second-order valence-corrected chi connectivity index (χ2v) is 6.56. The predicted octanol–water partition coefficient (Wildman–Crippen LogP) is 4.12. The molecule has 0 saturated heterocycles. The molecule has 0 atom stereocenters. The number of carbonyl (C=O) groups is 1. The summed E-state index contributed by atoms with van der Waals surface area (Å²) in [6.45, 7) is 2.92. The van der Waals surface area contributed by atoms with Gasteiger partial charge in [0.25, 0.3) is 5.91 Å². The van der Waals surface area contributed by atoms with Gasteiger partial charge in [-0.05, 0) is 60.0 Å². The molecule has 114 valence electrons. The minimum atomic E-state index is -0.151. The van der Waals surface area contributed by atoms with Gasteiger partial charge in [-0.2, -0.15) is 0 Å². The molecule has 0 radical (unpaired) electrons. The van der Waals surface area contributed by atoms with Crippen molar-refractivity contribution in [3.63, 3.8) is 0 Å². The summed E-state index contributed by atoms with van der Waals surface area (Å²) < 4.78 is 0.783. The average molecular weight is 369 g/mol. The van der Waals surface area contributed by atoms with Crippen LogP contribution in [0.5, 0.6) is 0 Å². The summed E-state index contributed by atoms with van der Waals surface area (Å²) in [7, 11) is 0.